The summed E-state index contributed by atoms with van der Waals surface area (Å²) in [5.74, 6) is -2.23. The Morgan fingerprint density at radius 1 is 1.00 bits per heavy atom. The number of esters is 3. The lowest BCUT2D eigenvalue weighted by molar-refractivity contribution is -0.227. The van der Waals surface area contributed by atoms with Crippen molar-refractivity contribution >= 4 is 28.1 Å². The van der Waals surface area contributed by atoms with Crippen LogP contribution in [0, 0.1) is 0 Å². The predicted molar refractivity (Wildman–Crippen MR) is 72.6 cm³/mol. The highest BCUT2D eigenvalue weighted by Gasteiger charge is 2.47. The topological polar surface area (TPSA) is 160 Å². The lowest BCUT2D eigenvalue weighted by atomic mass is 10.0. The smallest absolute Gasteiger partial charge is 0.303 e. The number of hydrogen-bond acceptors (Lipinski definition) is 9. The number of ether oxygens (including phenoxy) is 4. The highest BCUT2D eigenvalue weighted by Crippen LogP contribution is 2.23. The van der Waals surface area contributed by atoms with Crippen molar-refractivity contribution in [2.45, 2.75) is 45.3 Å². The third-order valence-corrected chi connectivity index (χ3v) is 3.19. The van der Waals surface area contributed by atoms with Gasteiger partial charge in [0.2, 0.25) is 0 Å². The Hall–Kier alpha value is -1.76. The molecule has 0 spiro atoms. The zero-order chi connectivity index (χ0) is 17.8. The molecule has 0 saturated carbocycles. The van der Waals surface area contributed by atoms with Crippen LogP contribution < -0.4 is 9.86 Å². The summed E-state index contributed by atoms with van der Waals surface area (Å²) in [6.07, 6.45) is -5.16. The molecule has 1 aliphatic rings. The largest absolute Gasteiger partial charge is 0.456 e. The summed E-state index contributed by atoms with van der Waals surface area (Å²) >= 11 is 0. The van der Waals surface area contributed by atoms with Gasteiger partial charge in [-0.15, -0.1) is 0 Å². The quantitative estimate of drug-likeness (QED) is 0.417. The number of nitrogens with one attached hydrogen (secondary N) is 1. The van der Waals surface area contributed by atoms with E-state index in [4.69, 9.17) is 24.1 Å². The molecule has 1 fully saturated rings. The van der Waals surface area contributed by atoms with Gasteiger partial charge in [0.15, 0.2) is 24.5 Å². The van der Waals surface area contributed by atoms with Crippen LogP contribution in [0.4, 0.5) is 0 Å². The molecule has 4 atom stereocenters. The van der Waals surface area contributed by atoms with Gasteiger partial charge in [-0.2, -0.15) is 13.1 Å². The van der Waals surface area contributed by atoms with Crippen molar-refractivity contribution < 1.29 is 41.7 Å². The minimum atomic E-state index is -4.20. The standard InChI is InChI=1S/C11H18N2O9S/c1-5(14)20-8-4-19-11(13-23(12,17)18)10(22-7(3)16)9(8)21-6(2)15/h8-11,13H,4H2,1-3H3,(H2,12,17,18)/t8-,9-,10+,11-/m0/s1. The van der Waals surface area contributed by atoms with Gasteiger partial charge in [0.1, 0.15) is 0 Å². The monoisotopic (exact) mass is 354 g/mol. The van der Waals surface area contributed by atoms with Gasteiger partial charge in [-0.1, -0.05) is 0 Å². The average Bonchev–Trinajstić information content (AvgIpc) is 2.33. The van der Waals surface area contributed by atoms with Crippen LogP contribution in [0.5, 0.6) is 0 Å². The van der Waals surface area contributed by atoms with Gasteiger partial charge in [0.05, 0.1) is 6.61 Å². The van der Waals surface area contributed by atoms with Crippen molar-refractivity contribution in [3.05, 3.63) is 0 Å². The molecule has 12 heteroatoms. The maximum Gasteiger partial charge on any atom is 0.303 e. The van der Waals surface area contributed by atoms with E-state index in [1.807, 2.05) is 4.72 Å². The van der Waals surface area contributed by atoms with Crippen LogP contribution in [0.2, 0.25) is 0 Å². The third-order valence-electron chi connectivity index (χ3n) is 2.63. The summed E-state index contributed by atoms with van der Waals surface area (Å²) < 4.78 is 44.4. The van der Waals surface area contributed by atoms with Gasteiger partial charge < -0.3 is 18.9 Å². The van der Waals surface area contributed by atoms with Crippen molar-refractivity contribution in [2.24, 2.45) is 5.14 Å². The first-order chi connectivity index (χ1) is 10.5. The van der Waals surface area contributed by atoms with Crippen LogP contribution in [-0.4, -0.2) is 57.5 Å². The first-order valence-electron chi connectivity index (χ1n) is 6.43. The molecule has 1 rings (SSSR count). The molecule has 0 amide bonds. The van der Waals surface area contributed by atoms with Crippen molar-refractivity contribution in [2.75, 3.05) is 6.61 Å². The molecule has 0 aromatic heterocycles. The molecule has 23 heavy (non-hydrogen) atoms. The van der Waals surface area contributed by atoms with E-state index in [9.17, 15) is 22.8 Å². The zero-order valence-electron chi connectivity index (χ0n) is 12.7. The lowest BCUT2D eigenvalue weighted by Gasteiger charge is -2.40. The molecule has 11 nitrogen and oxygen atoms in total. The van der Waals surface area contributed by atoms with E-state index in [0.29, 0.717) is 0 Å². The molecule has 0 unspecified atom stereocenters. The number of nitrogens with two attached hydrogens (primary N) is 1. The number of hydrogen-bond donors (Lipinski definition) is 2. The highest BCUT2D eigenvalue weighted by atomic mass is 32.2. The Morgan fingerprint density at radius 2 is 1.48 bits per heavy atom. The average molecular weight is 354 g/mol. The van der Waals surface area contributed by atoms with Crippen LogP contribution in [0.15, 0.2) is 0 Å². The van der Waals surface area contributed by atoms with Gasteiger partial charge in [0.25, 0.3) is 10.2 Å². The Balaban J connectivity index is 3.10. The van der Waals surface area contributed by atoms with Crippen LogP contribution in [-0.2, 0) is 43.5 Å². The first-order valence-corrected chi connectivity index (χ1v) is 7.97. The van der Waals surface area contributed by atoms with E-state index in [2.05, 4.69) is 0 Å². The minimum absolute atomic E-state index is 0.303. The van der Waals surface area contributed by atoms with Crippen molar-refractivity contribution in [3.63, 3.8) is 0 Å². The molecule has 0 aromatic carbocycles. The molecule has 0 radical (unpaired) electrons. The molecule has 0 aromatic rings. The molecule has 1 aliphatic heterocycles. The van der Waals surface area contributed by atoms with Crippen molar-refractivity contribution in [1.29, 1.82) is 0 Å². The van der Waals surface area contributed by atoms with Gasteiger partial charge >= 0.3 is 17.9 Å². The molecular weight excluding hydrogens is 336 g/mol. The Bertz CT molecular complexity index is 576. The van der Waals surface area contributed by atoms with Gasteiger partial charge in [0, 0.05) is 20.8 Å². The minimum Gasteiger partial charge on any atom is -0.456 e. The summed E-state index contributed by atoms with van der Waals surface area (Å²) in [5, 5.41) is 4.87. The molecule has 1 heterocycles. The number of carbonyl (C=O) groups excluding carboxylic acids is 3. The third kappa shape index (κ3) is 6.48. The molecule has 0 aliphatic carbocycles. The maximum absolute atomic E-state index is 11.3. The van der Waals surface area contributed by atoms with E-state index >= 15 is 0 Å². The fraction of sp³-hybridized carbons (Fsp3) is 0.727. The van der Waals surface area contributed by atoms with Crippen LogP contribution in [0.25, 0.3) is 0 Å². The number of carbonyl (C=O) groups is 3. The fourth-order valence-electron chi connectivity index (χ4n) is 2.00. The lowest BCUT2D eigenvalue weighted by Crippen LogP contribution is -2.62. The summed E-state index contributed by atoms with van der Waals surface area (Å²) in [7, 11) is -4.20. The summed E-state index contributed by atoms with van der Waals surface area (Å²) in [6, 6.07) is 0. The molecular formula is C11H18N2O9S. The van der Waals surface area contributed by atoms with E-state index in [-0.39, 0.29) is 6.61 Å². The SMILES string of the molecule is CC(=O)O[C@@H]1[C@@H](OC(C)=O)[C@@H](NS(N)(=O)=O)OC[C@@H]1OC(C)=O. The summed E-state index contributed by atoms with van der Waals surface area (Å²) in [4.78, 5) is 33.6. The normalized spacial score (nSPS) is 27.8. The second kappa shape index (κ2) is 7.68. The van der Waals surface area contributed by atoms with Gasteiger partial charge in [-0.05, 0) is 0 Å². The fourth-order valence-corrected chi connectivity index (χ4v) is 2.53. The Kier molecular flexibility index (Phi) is 6.44. The summed E-state index contributed by atoms with van der Waals surface area (Å²) in [6.45, 7) is 2.98. The summed E-state index contributed by atoms with van der Waals surface area (Å²) in [5.41, 5.74) is 0. The van der Waals surface area contributed by atoms with Crippen LogP contribution >= 0.6 is 0 Å². The van der Waals surface area contributed by atoms with Crippen LogP contribution in [0.3, 0.4) is 0 Å². The Morgan fingerprint density at radius 3 is 1.91 bits per heavy atom. The zero-order valence-corrected chi connectivity index (χ0v) is 13.5. The first kappa shape index (κ1) is 19.3. The predicted octanol–water partition coefficient (Wildman–Crippen LogP) is -2.07. The highest BCUT2D eigenvalue weighted by molar-refractivity contribution is 7.87. The molecule has 3 N–H and O–H groups in total. The molecule has 1 saturated heterocycles. The molecule has 132 valence electrons. The van der Waals surface area contributed by atoms with Gasteiger partial charge in [-0.3, -0.25) is 14.4 Å². The van der Waals surface area contributed by atoms with Gasteiger partial charge in [-0.25, -0.2) is 5.14 Å². The second-order valence-electron chi connectivity index (χ2n) is 4.71. The van der Waals surface area contributed by atoms with E-state index < -0.39 is 52.7 Å². The van der Waals surface area contributed by atoms with Crippen molar-refractivity contribution in [3.8, 4) is 0 Å². The maximum atomic E-state index is 11.3. The Labute approximate surface area is 132 Å². The van der Waals surface area contributed by atoms with E-state index in [1.165, 1.54) is 0 Å². The van der Waals surface area contributed by atoms with E-state index in [1.54, 1.807) is 0 Å². The number of rotatable bonds is 5. The molecule has 0 bridgehead atoms. The van der Waals surface area contributed by atoms with Crippen LogP contribution in [0.1, 0.15) is 20.8 Å². The van der Waals surface area contributed by atoms with Crippen molar-refractivity contribution in [1.82, 2.24) is 4.72 Å². The second-order valence-corrected chi connectivity index (χ2v) is 6.04. The van der Waals surface area contributed by atoms with E-state index in [0.717, 1.165) is 20.8 Å².